The first kappa shape index (κ1) is 9.63. The highest BCUT2D eigenvalue weighted by molar-refractivity contribution is 5.98. The number of furan rings is 1. The minimum atomic E-state index is -1.13. The number of Topliss-reactive ketones (excluding diaryl/α,β-unsaturated/α-hetero) is 1. The molecule has 4 heteroatoms. The molecule has 1 aromatic heterocycles. The van der Waals surface area contributed by atoms with Crippen molar-refractivity contribution in [1.82, 2.24) is 0 Å². The van der Waals surface area contributed by atoms with Crippen LogP contribution in [0.15, 0.2) is 16.5 Å². The Kier molecular flexibility index (Phi) is 1.93. The lowest BCUT2D eigenvalue weighted by molar-refractivity contribution is 0.0659. The van der Waals surface area contributed by atoms with Crippen LogP contribution >= 0.6 is 0 Å². The third-order valence-electron chi connectivity index (χ3n) is 3.77. The lowest BCUT2D eigenvalue weighted by Gasteiger charge is -1.99. The molecule has 0 saturated heterocycles. The summed E-state index contributed by atoms with van der Waals surface area (Å²) in [7, 11) is 0. The third-order valence-corrected chi connectivity index (χ3v) is 3.77. The number of carbonyl (C=O) groups excluding carboxylic acids is 1. The molecule has 2 aliphatic carbocycles. The summed E-state index contributed by atoms with van der Waals surface area (Å²) in [6.45, 7) is 0. The zero-order valence-electron chi connectivity index (χ0n) is 8.68. The fourth-order valence-electron chi connectivity index (χ4n) is 2.96. The lowest BCUT2D eigenvalue weighted by Crippen LogP contribution is -2.05. The minimum absolute atomic E-state index is 0.0119. The Labute approximate surface area is 92.3 Å². The summed E-state index contributed by atoms with van der Waals surface area (Å²) in [6, 6.07) is 2.81. The maximum absolute atomic E-state index is 12.0. The maximum Gasteiger partial charge on any atom is 0.371 e. The van der Waals surface area contributed by atoms with Gasteiger partial charge in [0.2, 0.25) is 11.5 Å². The van der Waals surface area contributed by atoms with Crippen molar-refractivity contribution < 1.29 is 19.1 Å². The van der Waals surface area contributed by atoms with Crippen molar-refractivity contribution in [2.45, 2.75) is 19.3 Å². The molecule has 0 aliphatic heterocycles. The zero-order valence-corrected chi connectivity index (χ0v) is 8.68. The Hall–Kier alpha value is -1.58. The molecule has 3 rings (SSSR count). The molecule has 1 aromatic rings. The van der Waals surface area contributed by atoms with Gasteiger partial charge in [-0.05, 0) is 36.8 Å². The van der Waals surface area contributed by atoms with Crippen LogP contribution in [0.25, 0.3) is 0 Å². The first-order chi connectivity index (χ1) is 7.68. The van der Waals surface area contributed by atoms with Gasteiger partial charge in [0.25, 0.3) is 0 Å². The number of carbonyl (C=O) groups is 2. The number of hydrogen-bond acceptors (Lipinski definition) is 3. The number of carboxylic acids is 1. The molecule has 0 radical (unpaired) electrons. The van der Waals surface area contributed by atoms with Crippen molar-refractivity contribution in [2.24, 2.45) is 17.8 Å². The zero-order chi connectivity index (χ0) is 11.3. The van der Waals surface area contributed by atoms with Gasteiger partial charge in [-0.25, -0.2) is 4.79 Å². The Morgan fingerprint density at radius 1 is 1.19 bits per heavy atom. The molecule has 0 aromatic carbocycles. The van der Waals surface area contributed by atoms with Crippen LogP contribution in [-0.2, 0) is 0 Å². The van der Waals surface area contributed by atoms with Crippen LogP contribution in [0.1, 0.15) is 40.4 Å². The molecule has 2 aliphatic rings. The summed E-state index contributed by atoms with van der Waals surface area (Å²) in [6.07, 6.45) is 3.48. The number of hydrogen-bond donors (Lipinski definition) is 1. The van der Waals surface area contributed by atoms with E-state index in [1.165, 1.54) is 18.6 Å². The van der Waals surface area contributed by atoms with E-state index < -0.39 is 5.97 Å². The standard InChI is InChI=1S/C12H12O4/c13-11(10-6-2-1-3-7(6)10)8-4-5-9(16-8)12(14)15/h4-7,10H,1-3H2,(H,14,15). The Balaban J connectivity index is 1.77. The van der Waals surface area contributed by atoms with E-state index in [1.807, 2.05) is 0 Å². The summed E-state index contributed by atoms with van der Waals surface area (Å²) in [5, 5.41) is 8.69. The van der Waals surface area contributed by atoms with E-state index in [0.29, 0.717) is 11.8 Å². The van der Waals surface area contributed by atoms with E-state index in [1.54, 1.807) is 0 Å². The molecule has 1 N–H and O–H groups in total. The minimum Gasteiger partial charge on any atom is -0.475 e. The van der Waals surface area contributed by atoms with Crippen molar-refractivity contribution in [2.75, 3.05) is 0 Å². The van der Waals surface area contributed by atoms with Gasteiger partial charge in [0, 0.05) is 5.92 Å². The smallest absolute Gasteiger partial charge is 0.371 e. The van der Waals surface area contributed by atoms with Crippen LogP contribution in [0.2, 0.25) is 0 Å². The van der Waals surface area contributed by atoms with Gasteiger partial charge in [0.05, 0.1) is 0 Å². The van der Waals surface area contributed by atoms with Gasteiger partial charge in [-0.1, -0.05) is 6.42 Å². The Morgan fingerprint density at radius 2 is 1.81 bits per heavy atom. The second kappa shape index (κ2) is 3.20. The highest BCUT2D eigenvalue weighted by Crippen LogP contribution is 2.58. The second-order valence-electron chi connectivity index (χ2n) is 4.62. The van der Waals surface area contributed by atoms with Gasteiger partial charge in [-0.3, -0.25) is 4.79 Å². The monoisotopic (exact) mass is 220 g/mol. The molecule has 0 spiro atoms. The van der Waals surface area contributed by atoms with E-state index in [-0.39, 0.29) is 23.2 Å². The van der Waals surface area contributed by atoms with E-state index in [0.717, 1.165) is 12.8 Å². The molecule has 2 unspecified atom stereocenters. The first-order valence-corrected chi connectivity index (χ1v) is 5.56. The van der Waals surface area contributed by atoms with E-state index in [4.69, 9.17) is 9.52 Å². The maximum atomic E-state index is 12.0. The lowest BCUT2D eigenvalue weighted by atomic mass is 10.1. The number of aromatic carboxylic acids is 1. The molecular weight excluding hydrogens is 208 g/mol. The summed E-state index contributed by atoms with van der Waals surface area (Å²) in [4.78, 5) is 22.6. The number of carboxylic acid groups (broad SMARTS) is 1. The van der Waals surface area contributed by atoms with Crippen molar-refractivity contribution in [3.05, 3.63) is 23.7 Å². The summed E-state index contributed by atoms with van der Waals surface area (Å²) in [5.74, 6) is 0.0708. The average molecular weight is 220 g/mol. The quantitative estimate of drug-likeness (QED) is 0.793. The van der Waals surface area contributed by atoms with Crippen molar-refractivity contribution >= 4 is 11.8 Å². The number of rotatable bonds is 3. The van der Waals surface area contributed by atoms with E-state index in [2.05, 4.69) is 0 Å². The van der Waals surface area contributed by atoms with Crippen LogP contribution < -0.4 is 0 Å². The SMILES string of the molecule is O=C(O)c1ccc(C(=O)C2C3CCCC32)o1. The van der Waals surface area contributed by atoms with Crippen molar-refractivity contribution in [3.63, 3.8) is 0 Å². The highest BCUT2D eigenvalue weighted by Gasteiger charge is 2.57. The second-order valence-corrected chi connectivity index (χ2v) is 4.62. The molecule has 84 valence electrons. The van der Waals surface area contributed by atoms with Crippen molar-refractivity contribution in [3.8, 4) is 0 Å². The molecule has 1 heterocycles. The van der Waals surface area contributed by atoms with E-state index >= 15 is 0 Å². The Morgan fingerprint density at radius 3 is 2.38 bits per heavy atom. The molecular formula is C12H12O4. The number of fused-ring (bicyclic) bond motifs is 1. The summed E-state index contributed by atoms with van der Waals surface area (Å²) >= 11 is 0. The van der Waals surface area contributed by atoms with Crippen LogP contribution in [0.5, 0.6) is 0 Å². The van der Waals surface area contributed by atoms with Crippen LogP contribution in [-0.4, -0.2) is 16.9 Å². The van der Waals surface area contributed by atoms with Gasteiger partial charge in [-0.15, -0.1) is 0 Å². The summed E-state index contributed by atoms with van der Waals surface area (Å²) < 4.78 is 5.02. The van der Waals surface area contributed by atoms with Crippen molar-refractivity contribution in [1.29, 1.82) is 0 Å². The molecule has 2 atom stereocenters. The van der Waals surface area contributed by atoms with Gasteiger partial charge < -0.3 is 9.52 Å². The highest BCUT2D eigenvalue weighted by atomic mass is 16.4. The molecule has 2 saturated carbocycles. The molecule has 0 amide bonds. The first-order valence-electron chi connectivity index (χ1n) is 5.56. The largest absolute Gasteiger partial charge is 0.475 e. The van der Waals surface area contributed by atoms with Crippen LogP contribution in [0, 0.1) is 17.8 Å². The molecule has 4 nitrogen and oxygen atoms in total. The van der Waals surface area contributed by atoms with Gasteiger partial charge in [0.15, 0.2) is 5.76 Å². The predicted molar refractivity (Wildman–Crippen MR) is 54.3 cm³/mol. The van der Waals surface area contributed by atoms with Gasteiger partial charge in [0.1, 0.15) is 0 Å². The van der Waals surface area contributed by atoms with Gasteiger partial charge >= 0.3 is 5.97 Å². The topological polar surface area (TPSA) is 67.5 Å². The normalized spacial score (nSPS) is 31.1. The molecule has 0 bridgehead atoms. The summed E-state index contributed by atoms with van der Waals surface area (Å²) in [5.41, 5.74) is 0. The molecule has 16 heavy (non-hydrogen) atoms. The number of ketones is 1. The van der Waals surface area contributed by atoms with E-state index in [9.17, 15) is 9.59 Å². The average Bonchev–Trinajstić information content (AvgIpc) is 2.74. The third kappa shape index (κ3) is 1.29. The predicted octanol–water partition coefficient (Wildman–Crippen LogP) is 2.21. The molecule has 2 fully saturated rings. The van der Waals surface area contributed by atoms with Crippen LogP contribution in [0.3, 0.4) is 0 Å². The fraction of sp³-hybridized carbons (Fsp3) is 0.500. The Bertz CT molecular complexity index is 449. The fourth-order valence-corrected chi connectivity index (χ4v) is 2.96. The van der Waals surface area contributed by atoms with Gasteiger partial charge in [-0.2, -0.15) is 0 Å². The van der Waals surface area contributed by atoms with Crippen LogP contribution in [0.4, 0.5) is 0 Å².